The molecule has 0 aliphatic heterocycles. The molecule has 0 aliphatic carbocycles. The molecule has 0 saturated heterocycles. The van der Waals surface area contributed by atoms with E-state index in [1.165, 1.54) is 0 Å². The van der Waals surface area contributed by atoms with Crippen LogP contribution in [0.3, 0.4) is 0 Å². The van der Waals surface area contributed by atoms with E-state index in [9.17, 15) is 19.2 Å². The molecule has 0 radical (unpaired) electrons. The average Bonchev–Trinajstić information content (AvgIpc) is 4.09. The summed E-state index contributed by atoms with van der Waals surface area (Å²) in [5.74, 6) is 0. The van der Waals surface area contributed by atoms with Crippen LogP contribution in [0.1, 0.15) is 41.1 Å². The molecule has 11 aromatic rings. The quantitative estimate of drug-likeness (QED) is 0.170. The third-order valence-electron chi connectivity index (χ3n) is 8.51. The Hall–Kier alpha value is -6.70. The highest BCUT2D eigenvalue weighted by Gasteiger charge is 2.18. The van der Waals surface area contributed by atoms with Gasteiger partial charge >= 0.3 is 0 Å². The van der Waals surface area contributed by atoms with Gasteiger partial charge in [0, 0.05) is 10.8 Å². The highest BCUT2D eigenvalue weighted by atomic mass is 16.3. The van der Waals surface area contributed by atoms with Crippen molar-refractivity contribution in [2.24, 2.45) is 0 Å². The number of hydrogen-bond donors (Lipinski definition) is 0. The number of fused-ring (bicyclic) bond motifs is 9. The van der Waals surface area contributed by atoms with Gasteiger partial charge in [-0.05, 0) is 117 Å². The third-order valence-corrected chi connectivity index (χ3v) is 8.51. The minimum Gasteiger partial charge on any atom is -0.456 e. The van der Waals surface area contributed by atoms with Crippen molar-refractivity contribution in [3.05, 3.63) is 181 Å². The molecule has 11 rings (SSSR count). The molecule has 0 N–H and O–H groups in total. The summed E-state index contributed by atoms with van der Waals surface area (Å²) in [7, 11) is 0. The highest BCUT2D eigenvalue weighted by molar-refractivity contribution is 6.23. The van der Waals surface area contributed by atoms with E-state index < -0.39 is 280 Å². The molecule has 51 heavy (non-hydrogen) atoms. The third kappa shape index (κ3) is 4.28. The number of hydrogen-bond acceptors (Lipinski definition) is 1. The van der Waals surface area contributed by atoms with Gasteiger partial charge in [0.25, 0.3) is 0 Å². The normalized spacial score (nSPS) is 20.2. The first-order chi connectivity index (χ1) is 37.8. The molecule has 10 aromatic carbocycles. The van der Waals surface area contributed by atoms with Gasteiger partial charge in [-0.1, -0.05) is 151 Å². The van der Waals surface area contributed by atoms with E-state index in [4.69, 9.17) is 26.3 Å². The Morgan fingerprint density at radius 2 is 0.843 bits per heavy atom. The Morgan fingerprint density at radius 3 is 1.57 bits per heavy atom. The van der Waals surface area contributed by atoms with Crippen molar-refractivity contribution in [2.45, 2.75) is 0 Å². The molecule has 1 heteroatoms. The van der Waals surface area contributed by atoms with E-state index >= 15 is 0 Å². The summed E-state index contributed by atoms with van der Waals surface area (Å²) in [6, 6.07) is -27.7. The molecular weight excluding hydrogens is 617 g/mol. The lowest BCUT2D eigenvalue weighted by atomic mass is 9.85. The van der Waals surface area contributed by atoms with Gasteiger partial charge in [0.2, 0.25) is 0 Å². The fraction of sp³-hybridized carbons (Fsp3) is 0. The van der Waals surface area contributed by atoms with Crippen molar-refractivity contribution in [3.63, 3.8) is 0 Å². The first-order valence-corrected chi connectivity index (χ1v) is 15.2. The minimum absolute atomic E-state index is 0.342. The zero-order valence-corrected chi connectivity index (χ0v) is 25.4. The van der Waals surface area contributed by atoms with Crippen molar-refractivity contribution < 1.29 is 45.5 Å². The lowest BCUT2D eigenvalue weighted by molar-refractivity contribution is 0.669. The smallest absolute Gasteiger partial charge is 0.136 e. The SMILES string of the molecule is [2H]c1c([2H])c([2H])c2c([2H])c(-c3c4c([2H])c([2H])c([2H])c([2H])c4c(-c4c([2H])c([2H])c5c(-c6c([2H])c([2H])c7c(oc8c([2H])c([2H])c9c([2H])c([2H])c([2H])c([2H])c9c87)c6[2H])c([2H])c([2H])c([2H])c5c4[2H])c4c([2H])c([2H])c([2H])c([2H])c34)c([2H])c([2H])c2c1[2H]. The van der Waals surface area contributed by atoms with Crippen LogP contribution in [0.15, 0.2) is 186 Å². The first-order valence-electron chi connectivity index (χ1n) is 30.2. The molecule has 0 saturated carbocycles. The van der Waals surface area contributed by atoms with Crippen LogP contribution in [0.2, 0.25) is 0 Å². The number of furan rings is 1. The maximum Gasteiger partial charge on any atom is 0.136 e. The predicted molar refractivity (Wildman–Crippen MR) is 218 cm³/mol. The van der Waals surface area contributed by atoms with Crippen LogP contribution in [0.25, 0.3) is 109 Å². The molecule has 1 aromatic heterocycles. The van der Waals surface area contributed by atoms with Crippen LogP contribution < -0.4 is 0 Å². The fourth-order valence-corrected chi connectivity index (χ4v) is 6.32. The summed E-state index contributed by atoms with van der Waals surface area (Å²) < 4.78 is 278. The zero-order chi connectivity index (χ0) is 59.6. The first kappa shape index (κ1) is 11.7. The van der Waals surface area contributed by atoms with Crippen molar-refractivity contribution in [1.82, 2.24) is 0 Å². The molecule has 1 heterocycles. The molecule has 236 valence electrons. The Bertz CT molecular complexity index is 4850. The van der Waals surface area contributed by atoms with Gasteiger partial charge in [-0.25, -0.2) is 0 Å². The molecule has 0 spiro atoms. The van der Waals surface area contributed by atoms with Gasteiger partial charge in [-0.3, -0.25) is 0 Å². The van der Waals surface area contributed by atoms with E-state index in [2.05, 4.69) is 0 Å². The van der Waals surface area contributed by atoms with Gasteiger partial charge in [0.1, 0.15) is 11.2 Å². The van der Waals surface area contributed by atoms with Crippen LogP contribution in [-0.2, 0) is 0 Å². The second kappa shape index (κ2) is 10.9. The summed E-state index contributed by atoms with van der Waals surface area (Å²) in [5, 5.41) is -7.46. The van der Waals surface area contributed by atoms with E-state index in [-0.39, 0.29) is 10.8 Å². The van der Waals surface area contributed by atoms with Crippen molar-refractivity contribution in [2.75, 3.05) is 0 Å². The Morgan fingerprint density at radius 1 is 0.314 bits per heavy atom. The molecule has 0 unspecified atom stereocenters. The van der Waals surface area contributed by atoms with Crippen LogP contribution in [0.5, 0.6) is 0 Å². The summed E-state index contributed by atoms with van der Waals surface area (Å²) in [5.41, 5.74) is -5.91. The van der Waals surface area contributed by atoms with Gasteiger partial charge in [0.15, 0.2) is 0 Å². The van der Waals surface area contributed by atoms with Crippen LogP contribution in [0, 0.1) is 0 Å². The van der Waals surface area contributed by atoms with E-state index in [0.717, 1.165) is 0 Å². The molecule has 0 bridgehead atoms. The highest BCUT2D eigenvalue weighted by Crippen LogP contribution is 2.45. The van der Waals surface area contributed by atoms with E-state index in [1.807, 2.05) is 0 Å². The van der Waals surface area contributed by atoms with E-state index in [1.54, 1.807) is 0 Å². The maximum atomic E-state index is 9.94. The average molecular weight is 677 g/mol. The number of benzene rings is 10. The molecule has 0 aliphatic rings. The summed E-state index contributed by atoms with van der Waals surface area (Å²) in [6.45, 7) is 0. The van der Waals surface area contributed by atoms with Crippen LogP contribution >= 0.6 is 0 Å². The lowest BCUT2D eigenvalue weighted by Crippen LogP contribution is -1.91. The monoisotopic (exact) mass is 676 g/mol. The van der Waals surface area contributed by atoms with Crippen molar-refractivity contribution >= 4 is 75.8 Å². The fourth-order valence-electron chi connectivity index (χ4n) is 6.32. The summed E-state index contributed by atoms with van der Waals surface area (Å²) >= 11 is 0. The lowest BCUT2D eigenvalue weighted by Gasteiger charge is -2.18. The summed E-state index contributed by atoms with van der Waals surface area (Å²) in [4.78, 5) is 0. The Labute approximate surface area is 336 Å². The minimum atomic E-state index is -1.12. The van der Waals surface area contributed by atoms with Crippen LogP contribution in [0.4, 0.5) is 0 Å². The second-order valence-electron chi connectivity index (χ2n) is 11.3. The predicted octanol–water partition coefficient (Wildman–Crippen LogP) is 14.4. The topological polar surface area (TPSA) is 13.1 Å². The Kier molecular flexibility index (Phi) is 2.50. The second-order valence-corrected chi connectivity index (χ2v) is 11.3. The Balaban J connectivity index is 1.35. The standard InChI is InChI=1S/C50H30O/c1-2-12-33-28-36(21-20-31(33)10-1)48-41-15-5-7-17-43(41)49(44-18-8-6-16-42(44)48)37-23-25-39-34(29-37)13-9-19-38(39)35-22-26-45-47(30-35)51-46-27-24-32-11-3-4-14-40(32)50(45)46/h1-30H/i1D,2D,3D,4D,5D,6D,7D,8D,9D,10D,11D,12D,13D,14D,15D,16D,17D,18D,19D,20D,21D,22D,23D,24D,25D,26D,27D,28D,29D,30D. The van der Waals surface area contributed by atoms with E-state index in [0.29, 0.717) is 0 Å². The van der Waals surface area contributed by atoms with Gasteiger partial charge in [-0.15, -0.1) is 0 Å². The van der Waals surface area contributed by atoms with Gasteiger partial charge in [0.05, 0.1) is 41.1 Å². The zero-order valence-electron chi connectivity index (χ0n) is 55.4. The molecule has 0 atom stereocenters. The summed E-state index contributed by atoms with van der Waals surface area (Å²) in [6.07, 6.45) is 0. The van der Waals surface area contributed by atoms with Gasteiger partial charge < -0.3 is 4.42 Å². The molecule has 0 amide bonds. The van der Waals surface area contributed by atoms with Crippen LogP contribution in [-0.4, -0.2) is 0 Å². The largest absolute Gasteiger partial charge is 0.456 e. The molecular formula is C50H30O. The van der Waals surface area contributed by atoms with Crippen molar-refractivity contribution in [1.29, 1.82) is 0 Å². The van der Waals surface area contributed by atoms with Crippen molar-refractivity contribution in [3.8, 4) is 33.4 Å². The number of rotatable bonds is 3. The maximum absolute atomic E-state index is 9.94. The van der Waals surface area contributed by atoms with Gasteiger partial charge in [-0.2, -0.15) is 0 Å². The molecule has 1 nitrogen and oxygen atoms in total. The molecule has 0 fully saturated rings.